The van der Waals surface area contributed by atoms with E-state index >= 15 is 0 Å². The SMILES string of the molecule is NNc1ccc([N+](=O)[O-])c(N(CC2CC2)CC2CC2)n1. The van der Waals surface area contributed by atoms with Crippen molar-refractivity contribution in [1.29, 1.82) is 0 Å². The van der Waals surface area contributed by atoms with Crippen LogP contribution in [0.1, 0.15) is 25.7 Å². The van der Waals surface area contributed by atoms with Crippen molar-refractivity contribution in [2.24, 2.45) is 17.7 Å². The van der Waals surface area contributed by atoms with Gasteiger partial charge in [-0.1, -0.05) is 0 Å². The standard InChI is InChI=1S/C13H19N5O2/c14-16-12-6-5-11(18(19)20)13(15-12)17(7-9-1-2-9)8-10-3-4-10/h5-6,9-10H,1-4,7-8,14H2,(H,15,16). The highest BCUT2D eigenvalue weighted by atomic mass is 16.6. The minimum atomic E-state index is -0.366. The zero-order valence-corrected chi connectivity index (χ0v) is 11.3. The molecular formula is C13H19N5O2. The maximum atomic E-state index is 11.2. The van der Waals surface area contributed by atoms with E-state index in [0.29, 0.717) is 23.5 Å². The molecule has 2 aliphatic rings. The van der Waals surface area contributed by atoms with Gasteiger partial charge in [-0.25, -0.2) is 10.8 Å². The van der Waals surface area contributed by atoms with E-state index in [9.17, 15) is 10.1 Å². The number of pyridine rings is 1. The molecule has 3 rings (SSSR count). The molecule has 108 valence electrons. The van der Waals surface area contributed by atoms with Gasteiger partial charge in [-0.2, -0.15) is 0 Å². The molecule has 0 spiro atoms. The topological polar surface area (TPSA) is 97.3 Å². The molecule has 0 bridgehead atoms. The van der Waals surface area contributed by atoms with Crippen LogP contribution in [-0.2, 0) is 0 Å². The van der Waals surface area contributed by atoms with Crippen LogP contribution in [0.3, 0.4) is 0 Å². The van der Waals surface area contributed by atoms with Gasteiger partial charge in [0.25, 0.3) is 0 Å². The van der Waals surface area contributed by atoms with Crippen LogP contribution in [0.4, 0.5) is 17.3 Å². The Balaban J connectivity index is 1.90. The Morgan fingerprint density at radius 2 is 1.90 bits per heavy atom. The molecule has 2 aliphatic carbocycles. The van der Waals surface area contributed by atoms with Crippen molar-refractivity contribution in [1.82, 2.24) is 4.98 Å². The van der Waals surface area contributed by atoms with Crippen molar-refractivity contribution in [3.63, 3.8) is 0 Å². The lowest BCUT2D eigenvalue weighted by Gasteiger charge is -2.23. The van der Waals surface area contributed by atoms with Gasteiger partial charge in [0, 0.05) is 19.2 Å². The smallest absolute Gasteiger partial charge is 0.311 e. The average molecular weight is 277 g/mol. The molecule has 0 aromatic carbocycles. The summed E-state index contributed by atoms with van der Waals surface area (Å²) in [5, 5.41) is 11.2. The Bertz CT molecular complexity index is 499. The number of nitrogens with zero attached hydrogens (tertiary/aromatic N) is 3. The van der Waals surface area contributed by atoms with E-state index in [1.54, 1.807) is 0 Å². The number of nitrogen functional groups attached to an aromatic ring is 1. The third kappa shape index (κ3) is 2.98. The number of rotatable bonds is 7. The number of hydrazine groups is 1. The molecule has 0 aliphatic heterocycles. The van der Waals surface area contributed by atoms with E-state index in [2.05, 4.69) is 15.3 Å². The Labute approximate surface area is 117 Å². The quantitative estimate of drug-likeness (QED) is 0.449. The van der Waals surface area contributed by atoms with Crippen molar-refractivity contribution in [3.05, 3.63) is 22.2 Å². The second kappa shape index (κ2) is 5.24. The van der Waals surface area contributed by atoms with Gasteiger partial charge in [0.1, 0.15) is 5.82 Å². The molecule has 2 fully saturated rings. The van der Waals surface area contributed by atoms with Gasteiger partial charge in [-0.3, -0.25) is 10.1 Å². The van der Waals surface area contributed by atoms with Gasteiger partial charge in [0.2, 0.25) is 5.82 Å². The second-order valence-electron chi connectivity index (χ2n) is 5.73. The maximum Gasteiger partial charge on any atom is 0.311 e. The predicted molar refractivity (Wildman–Crippen MR) is 76.4 cm³/mol. The van der Waals surface area contributed by atoms with Crippen LogP contribution in [0.5, 0.6) is 0 Å². The molecule has 3 N–H and O–H groups in total. The van der Waals surface area contributed by atoms with Crippen LogP contribution in [0.15, 0.2) is 12.1 Å². The average Bonchev–Trinajstić information content (AvgIpc) is 3.32. The highest BCUT2D eigenvalue weighted by Crippen LogP contribution is 2.38. The first-order valence-corrected chi connectivity index (χ1v) is 7.04. The lowest BCUT2D eigenvalue weighted by atomic mass is 10.2. The van der Waals surface area contributed by atoms with Gasteiger partial charge in [-0.05, 0) is 43.6 Å². The fourth-order valence-corrected chi connectivity index (χ4v) is 2.37. The summed E-state index contributed by atoms with van der Waals surface area (Å²) in [4.78, 5) is 17.3. The molecule has 0 radical (unpaired) electrons. The van der Waals surface area contributed by atoms with E-state index in [4.69, 9.17) is 5.84 Å². The van der Waals surface area contributed by atoms with Crippen molar-refractivity contribution >= 4 is 17.3 Å². The van der Waals surface area contributed by atoms with Gasteiger partial charge < -0.3 is 10.3 Å². The zero-order valence-electron chi connectivity index (χ0n) is 11.3. The summed E-state index contributed by atoms with van der Waals surface area (Å²) in [6, 6.07) is 3.01. The Morgan fingerprint density at radius 3 is 2.35 bits per heavy atom. The van der Waals surface area contributed by atoms with Crippen molar-refractivity contribution in [3.8, 4) is 0 Å². The lowest BCUT2D eigenvalue weighted by Crippen LogP contribution is -2.30. The molecule has 20 heavy (non-hydrogen) atoms. The molecule has 1 aromatic rings. The number of anilines is 2. The van der Waals surface area contributed by atoms with Gasteiger partial charge in [0.05, 0.1) is 4.92 Å². The summed E-state index contributed by atoms with van der Waals surface area (Å²) >= 11 is 0. The monoisotopic (exact) mass is 277 g/mol. The first-order valence-electron chi connectivity index (χ1n) is 7.04. The Kier molecular flexibility index (Phi) is 3.43. The molecule has 7 nitrogen and oxygen atoms in total. The minimum absolute atomic E-state index is 0.0605. The fourth-order valence-electron chi connectivity index (χ4n) is 2.37. The Morgan fingerprint density at radius 1 is 1.30 bits per heavy atom. The van der Waals surface area contributed by atoms with E-state index in [1.807, 2.05) is 0 Å². The molecule has 0 saturated heterocycles. The van der Waals surface area contributed by atoms with Crippen LogP contribution in [-0.4, -0.2) is 23.0 Å². The molecule has 0 atom stereocenters. The molecular weight excluding hydrogens is 258 g/mol. The molecule has 1 aromatic heterocycles. The summed E-state index contributed by atoms with van der Waals surface area (Å²) < 4.78 is 0. The number of nitrogens with two attached hydrogens (primary N) is 1. The second-order valence-corrected chi connectivity index (χ2v) is 5.73. The largest absolute Gasteiger partial charge is 0.350 e. The van der Waals surface area contributed by atoms with Gasteiger partial charge in [-0.15, -0.1) is 0 Å². The fraction of sp³-hybridized carbons (Fsp3) is 0.615. The number of aromatic nitrogens is 1. The Hall–Kier alpha value is -1.89. The van der Waals surface area contributed by atoms with Gasteiger partial charge in [0.15, 0.2) is 0 Å². The van der Waals surface area contributed by atoms with Crippen LogP contribution >= 0.6 is 0 Å². The van der Waals surface area contributed by atoms with Crippen LogP contribution < -0.4 is 16.2 Å². The molecule has 0 unspecified atom stereocenters. The molecule has 1 heterocycles. The lowest BCUT2D eigenvalue weighted by molar-refractivity contribution is -0.384. The summed E-state index contributed by atoms with van der Waals surface area (Å²) in [6.07, 6.45) is 4.85. The molecule has 0 amide bonds. The van der Waals surface area contributed by atoms with E-state index in [0.717, 1.165) is 13.1 Å². The number of hydrogen-bond donors (Lipinski definition) is 2. The van der Waals surface area contributed by atoms with Crippen LogP contribution in [0, 0.1) is 22.0 Å². The highest BCUT2D eigenvalue weighted by molar-refractivity contribution is 5.61. The van der Waals surface area contributed by atoms with Crippen LogP contribution in [0.2, 0.25) is 0 Å². The third-order valence-electron chi connectivity index (χ3n) is 3.85. The van der Waals surface area contributed by atoms with Crippen molar-refractivity contribution in [2.45, 2.75) is 25.7 Å². The third-order valence-corrected chi connectivity index (χ3v) is 3.85. The highest BCUT2D eigenvalue weighted by Gasteiger charge is 2.32. The van der Waals surface area contributed by atoms with E-state index < -0.39 is 0 Å². The predicted octanol–water partition coefficient (Wildman–Crippen LogP) is 1.90. The molecule has 2 saturated carbocycles. The molecule has 7 heteroatoms. The number of nitro groups is 1. The minimum Gasteiger partial charge on any atom is -0.350 e. The van der Waals surface area contributed by atoms with E-state index in [1.165, 1.54) is 37.8 Å². The van der Waals surface area contributed by atoms with Crippen LogP contribution in [0.25, 0.3) is 0 Å². The van der Waals surface area contributed by atoms with Gasteiger partial charge >= 0.3 is 5.69 Å². The first kappa shape index (κ1) is 13.1. The summed E-state index contributed by atoms with van der Waals surface area (Å²) in [6.45, 7) is 1.72. The maximum absolute atomic E-state index is 11.2. The summed E-state index contributed by atoms with van der Waals surface area (Å²) in [5.41, 5.74) is 2.53. The first-order chi connectivity index (χ1) is 9.67. The van der Waals surface area contributed by atoms with Crippen molar-refractivity contribution in [2.75, 3.05) is 23.4 Å². The van der Waals surface area contributed by atoms with Crippen molar-refractivity contribution < 1.29 is 4.92 Å². The number of hydrogen-bond acceptors (Lipinski definition) is 6. The van der Waals surface area contributed by atoms with E-state index in [-0.39, 0.29) is 10.6 Å². The number of nitrogens with one attached hydrogen (secondary N) is 1. The normalized spacial score (nSPS) is 17.9. The zero-order chi connectivity index (χ0) is 14.1. The summed E-state index contributed by atoms with van der Waals surface area (Å²) in [5.74, 6) is 7.59. The summed E-state index contributed by atoms with van der Waals surface area (Å²) in [7, 11) is 0.